The van der Waals surface area contributed by atoms with Gasteiger partial charge in [-0.05, 0) is 54.8 Å². The number of nitrogens with two attached hydrogens (primary N) is 1. The number of halogens is 1. The molecule has 38 heavy (non-hydrogen) atoms. The molecule has 2 amide bonds. The second kappa shape index (κ2) is 9.07. The topological polar surface area (TPSA) is 128 Å². The second-order valence-electron chi connectivity index (χ2n) is 8.99. The minimum atomic E-state index is -0.734. The number of nitrogens with zero attached hydrogens (tertiary/aromatic N) is 4. The summed E-state index contributed by atoms with van der Waals surface area (Å²) in [5.74, 6) is -1.28. The molecule has 0 saturated carbocycles. The van der Waals surface area contributed by atoms with Gasteiger partial charge in [0.25, 0.3) is 11.8 Å². The van der Waals surface area contributed by atoms with E-state index >= 15 is 4.39 Å². The van der Waals surface area contributed by atoms with Crippen LogP contribution in [0.2, 0.25) is 0 Å². The van der Waals surface area contributed by atoms with Crippen LogP contribution in [-0.4, -0.2) is 31.6 Å². The average Bonchev–Trinajstić information content (AvgIpc) is 3.17. The van der Waals surface area contributed by atoms with E-state index in [1.54, 1.807) is 10.7 Å². The summed E-state index contributed by atoms with van der Waals surface area (Å²) in [4.78, 5) is 34.2. The third kappa shape index (κ3) is 3.92. The molecule has 3 heterocycles. The molecule has 6 rings (SSSR count). The summed E-state index contributed by atoms with van der Waals surface area (Å²) in [6.45, 7) is 1.98. The molecule has 0 bridgehead atoms. The van der Waals surface area contributed by atoms with Crippen molar-refractivity contribution in [1.82, 2.24) is 19.7 Å². The smallest absolute Gasteiger partial charge is 0.257 e. The SMILES string of the molecule is Cc1c(C(=O)Nc2cnc3ccccc3n2)ccc(-c2nn3c(c2C(N)=O)Nc2ccccc2CC3)c1F. The van der Waals surface area contributed by atoms with Crippen molar-refractivity contribution in [3.05, 3.63) is 94.9 Å². The number of carbonyl (C=O) groups is 2. The maximum absolute atomic E-state index is 15.8. The predicted molar refractivity (Wildman–Crippen MR) is 142 cm³/mol. The number of benzene rings is 3. The van der Waals surface area contributed by atoms with Gasteiger partial charge in [-0.25, -0.2) is 14.1 Å². The summed E-state index contributed by atoms with van der Waals surface area (Å²) in [7, 11) is 0. The number of anilines is 3. The molecule has 0 atom stereocenters. The van der Waals surface area contributed by atoms with Crippen LogP contribution in [0.3, 0.4) is 0 Å². The summed E-state index contributed by atoms with van der Waals surface area (Å²) in [6.07, 6.45) is 2.12. The Balaban J connectivity index is 1.36. The Morgan fingerprint density at radius 3 is 2.63 bits per heavy atom. The van der Waals surface area contributed by atoms with Crippen LogP contribution in [-0.2, 0) is 13.0 Å². The molecule has 9 nitrogen and oxygen atoms in total. The first-order valence-corrected chi connectivity index (χ1v) is 12.0. The van der Waals surface area contributed by atoms with Gasteiger partial charge in [0, 0.05) is 23.4 Å². The Kier molecular flexibility index (Phi) is 5.56. The fourth-order valence-electron chi connectivity index (χ4n) is 4.70. The molecule has 4 N–H and O–H groups in total. The number of aromatic nitrogens is 4. The summed E-state index contributed by atoms with van der Waals surface area (Å²) >= 11 is 0. The molecule has 0 saturated heterocycles. The third-order valence-corrected chi connectivity index (χ3v) is 6.64. The highest BCUT2D eigenvalue weighted by Crippen LogP contribution is 2.36. The van der Waals surface area contributed by atoms with Gasteiger partial charge in [-0.15, -0.1) is 0 Å². The van der Waals surface area contributed by atoms with Gasteiger partial charge in [0.05, 0.1) is 17.2 Å². The first kappa shape index (κ1) is 23.3. The highest BCUT2D eigenvalue weighted by Gasteiger charge is 2.28. The number of hydrogen-bond donors (Lipinski definition) is 3. The van der Waals surface area contributed by atoms with E-state index in [9.17, 15) is 9.59 Å². The van der Waals surface area contributed by atoms with Crippen molar-refractivity contribution in [3.8, 4) is 11.3 Å². The summed E-state index contributed by atoms with van der Waals surface area (Å²) in [5, 5.41) is 10.5. The van der Waals surface area contributed by atoms with Crippen LogP contribution in [0.1, 0.15) is 31.8 Å². The molecule has 1 aliphatic heterocycles. The monoisotopic (exact) mass is 507 g/mol. The molecule has 188 valence electrons. The van der Waals surface area contributed by atoms with Crippen LogP contribution in [0.25, 0.3) is 22.3 Å². The molecular formula is C28H22FN7O2. The molecular weight excluding hydrogens is 485 g/mol. The number of para-hydroxylation sites is 3. The lowest BCUT2D eigenvalue weighted by Gasteiger charge is -2.12. The van der Waals surface area contributed by atoms with Gasteiger partial charge in [-0.1, -0.05) is 30.3 Å². The minimum Gasteiger partial charge on any atom is -0.365 e. The fraction of sp³-hybridized carbons (Fsp3) is 0.107. The average molecular weight is 508 g/mol. The van der Waals surface area contributed by atoms with Gasteiger partial charge in [-0.2, -0.15) is 5.10 Å². The number of rotatable bonds is 4. The molecule has 0 aliphatic carbocycles. The zero-order valence-electron chi connectivity index (χ0n) is 20.3. The van der Waals surface area contributed by atoms with Crippen LogP contribution in [0.5, 0.6) is 0 Å². The van der Waals surface area contributed by atoms with E-state index in [2.05, 4.69) is 25.7 Å². The van der Waals surface area contributed by atoms with Crippen LogP contribution in [0.15, 0.2) is 66.9 Å². The highest BCUT2D eigenvalue weighted by atomic mass is 19.1. The normalized spacial score (nSPS) is 12.3. The first-order valence-electron chi connectivity index (χ1n) is 12.0. The molecule has 1 aliphatic rings. The molecule has 3 aromatic carbocycles. The predicted octanol–water partition coefficient (Wildman–Crippen LogP) is 4.59. The maximum atomic E-state index is 15.8. The molecule has 0 unspecified atom stereocenters. The Bertz CT molecular complexity index is 1760. The molecule has 10 heteroatoms. The van der Waals surface area contributed by atoms with Gasteiger partial charge < -0.3 is 16.4 Å². The zero-order chi connectivity index (χ0) is 26.4. The van der Waals surface area contributed by atoms with Gasteiger partial charge >= 0.3 is 0 Å². The van der Waals surface area contributed by atoms with Crippen molar-refractivity contribution in [2.45, 2.75) is 19.9 Å². The quantitative estimate of drug-likeness (QED) is 0.326. The van der Waals surface area contributed by atoms with E-state index in [1.165, 1.54) is 25.3 Å². The van der Waals surface area contributed by atoms with Crippen molar-refractivity contribution in [1.29, 1.82) is 0 Å². The lowest BCUT2D eigenvalue weighted by atomic mass is 9.99. The van der Waals surface area contributed by atoms with Crippen LogP contribution in [0, 0.1) is 12.7 Å². The second-order valence-corrected chi connectivity index (χ2v) is 8.99. The van der Waals surface area contributed by atoms with Gasteiger partial charge in [0.15, 0.2) is 5.82 Å². The van der Waals surface area contributed by atoms with E-state index in [4.69, 9.17) is 5.73 Å². The van der Waals surface area contributed by atoms with E-state index in [0.29, 0.717) is 29.8 Å². The van der Waals surface area contributed by atoms with Crippen LogP contribution in [0.4, 0.5) is 21.7 Å². The van der Waals surface area contributed by atoms with Crippen LogP contribution < -0.4 is 16.4 Å². The number of carbonyl (C=O) groups excluding carboxylic acids is 2. The largest absolute Gasteiger partial charge is 0.365 e. The maximum Gasteiger partial charge on any atom is 0.257 e. The summed E-state index contributed by atoms with van der Waals surface area (Å²) < 4.78 is 17.4. The van der Waals surface area contributed by atoms with E-state index in [1.807, 2.05) is 42.5 Å². The highest BCUT2D eigenvalue weighted by molar-refractivity contribution is 6.07. The Hall–Kier alpha value is -5.12. The number of aryl methyl sites for hydroxylation is 2. The van der Waals surface area contributed by atoms with Gasteiger partial charge in [0.1, 0.15) is 22.9 Å². The summed E-state index contributed by atoms with van der Waals surface area (Å²) in [6, 6.07) is 17.9. The third-order valence-electron chi connectivity index (χ3n) is 6.64. The molecule has 0 radical (unpaired) electrons. The number of primary amides is 1. The first-order chi connectivity index (χ1) is 18.4. The minimum absolute atomic E-state index is 0.0778. The van der Waals surface area contributed by atoms with E-state index < -0.39 is 17.6 Å². The number of amides is 2. The lowest BCUT2D eigenvalue weighted by Crippen LogP contribution is -2.16. The Labute approximate surface area is 216 Å². The Morgan fingerprint density at radius 2 is 1.82 bits per heavy atom. The molecule has 0 fully saturated rings. The van der Waals surface area contributed by atoms with E-state index in [-0.39, 0.29) is 33.8 Å². The van der Waals surface area contributed by atoms with Crippen molar-refractivity contribution in [2.24, 2.45) is 5.73 Å². The molecule has 0 spiro atoms. The van der Waals surface area contributed by atoms with Crippen molar-refractivity contribution in [3.63, 3.8) is 0 Å². The number of hydrogen-bond acceptors (Lipinski definition) is 6. The van der Waals surface area contributed by atoms with Crippen LogP contribution >= 0.6 is 0 Å². The Morgan fingerprint density at radius 1 is 1.05 bits per heavy atom. The summed E-state index contributed by atoms with van der Waals surface area (Å²) in [5.41, 5.74) is 9.48. The zero-order valence-corrected chi connectivity index (χ0v) is 20.3. The molecule has 5 aromatic rings. The van der Waals surface area contributed by atoms with Crippen molar-refractivity contribution >= 4 is 40.2 Å². The number of nitrogens with one attached hydrogen (secondary N) is 2. The molecule has 2 aromatic heterocycles. The van der Waals surface area contributed by atoms with E-state index in [0.717, 1.165) is 11.3 Å². The number of fused-ring (bicyclic) bond motifs is 3. The fourth-order valence-corrected chi connectivity index (χ4v) is 4.70. The van der Waals surface area contributed by atoms with Crippen molar-refractivity contribution < 1.29 is 14.0 Å². The standard InChI is InChI=1S/C28H22FN7O2/c1-15-17(28(38)34-22-14-31-20-8-4-5-9-21(20)32-22)10-11-18(24(15)29)25-23(26(30)37)27-33-19-7-3-2-6-16(19)12-13-36(27)35-25/h2-11,14,33H,12-13H2,1H3,(H2,30,37)(H,32,34,38). The lowest BCUT2D eigenvalue weighted by molar-refractivity contribution is 0.0998. The van der Waals surface area contributed by atoms with Gasteiger partial charge in [0.2, 0.25) is 0 Å². The van der Waals surface area contributed by atoms with Gasteiger partial charge in [-0.3, -0.25) is 14.6 Å². The van der Waals surface area contributed by atoms with Crippen molar-refractivity contribution in [2.75, 3.05) is 10.6 Å².